The van der Waals surface area contributed by atoms with Crippen molar-refractivity contribution in [2.45, 2.75) is 12.5 Å². The Hall–Kier alpha value is -2.19. The molecule has 0 spiro atoms. The molecule has 2 aromatic rings. The van der Waals surface area contributed by atoms with Crippen LogP contribution in [0.1, 0.15) is 16.8 Å². The number of benzene rings is 1. The van der Waals surface area contributed by atoms with E-state index in [1.807, 2.05) is 0 Å². The van der Waals surface area contributed by atoms with Crippen LogP contribution < -0.4 is 10.6 Å². The van der Waals surface area contributed by atoms with Crippen molar-refractivity contribution in [2.75, 3.05) is 22.1 Å². The zero-order valence-corrected chi connectivity index (χ0v) is 14.6. The third kappa shape index (κ3) is 4.46. The van der Waals surface area contributed by atoms with Gasteiger partial charge < -0.3 is 10.6 Å². The largest absolute Gasteiger partial charge is 0.366 e. The van der Waals surface area contributed by atoms with Crippen molar-refractivity contribution >= 4 is 38.9 Å². The van der Waals surface area contributed by atoms with Crippen LogP contribution in [0.15, 0.2) is 36.5 Å². The molecular weight excluding hydrogens is 369 g/mol. The second-order valence-electron chi connectivity index (χ2n) is 5.76. The van der Waals surface area contributed by atoms with Crippen molar-refractivity contribution in [3.8, 4) is 0 Å². The predicted molar refractivity (Wildman–Crippen MR) is 94.3 cm³/mol. The lowest BCUT2D eigenvalue weighted by Gasteiger charge is -2.12. The molecule has 1 aromatic heterocycles. The molecule has 6 nitrogen and oxygen atoms in total. The van der Waals surface area contributed by atoms with Gasteiger partial charge in [0.05, 0.1) is 16.5 Å². The van der Waals surface area contributed by atoms with E-state index in [0.29, 0.717) is 23.5 Å². The number of carbonyl (C=O) groups is 1. The fourth-order valence-corrected chi connectivity index (χ4v) is 4.40. The van der Waals surface area contributed by atoms with Crippen molar-refractivity contribution in [3.05, 3.63) is 52.9 Å². The number of carbonyl (C=O) groups excluding carboxylic acids is 1. The van der Waals surface area contributed by atoms with E-state index in [1.165, 1.54) is 30.5 Å². The van der Waals surface area contributed by atoms with Crippen LogP contribution >= 0.6 is 11.6 Å². The van der Waals surface area contributed by atoms with Gasteiger partial charge in [0.2, 0.25) is 0 Å². The molecule has 0 radical (unpaired) electrons. The van der Waals surface area contributed by atoms with Crippen molar-refractivity contribution in [2.24, 2.45) is 0 Å². The first kappa shape index (κ1) is 17.6. The molecule has 3 rings (SSSR count). The molecule has 1 atom stereocenters. The van der Waals surface area contributed by atoms with Gasteiger partial charge in [0, 0.05) is 23.5 Å². The maximum Gasteiger partial charge on any atom is 0.255 e. The molecule has 1 amide bonds. The normalized spacial score (nSPS) is 18.7. The third-order valence-corrected chi connectivity index (χ3v) is 5.84. The summed E-state index contributed by atoms with van der Waals surface area (Å²) in [7, 11) is -3.00. The van der Waals surface area contributed by atoms with Crippen molar-refractivity contribution in [1.29, 1.82) is 0 Å². The molecular formula is C16H15ClFN3O3S. The molecule has 25 heavy (non-hydrogen) atoms. The predicted octanol–water partition coefficient (Wildman–Crippen LogP) is 2.73. The number of hydrogen-bond acceptors (Lipinski definition) is 5. The van der Waals surface area contributed by atoms with Crippen LogP contribution in [-0.2, 0) is 9.84 Å². The quantitative estimate of drug-likeness (QED) is 0.847. The topological polar surface area (TPSA) is 88.2 Å². The minimum absolute atomic E-state index is 0.0547. The van der Waals surface area contributed by atoms with E-state index >= 15 is 0 Å². The Morgan fingerprint density at radius 3 is 2.76 bits per heavy atom. The summed E-state index contributed by atoms with van der Waals surface area (Å²) < 4.78 is 36.2. The van der Waals surface area contributed by atoms with Gasteiger partial charge in [0.25, 0.3) is 5.91 Å². The Bertz CT molecular complexity index is 921. The Kier molecular flexibility index (Phi) is 4.91. The Morgan fingerprint density at radius 1 is 1.28 bits per heavy atom. The van der Waals surface area contributed by atoms with E-state index < -0.39 is 21.6 Å². The summed E-state index contributed by atoms with van der Waals surface area (Å²) >= 11 is 5.69. The highest BCUT2D eigenvalue weighted by molar-refractivity contribution is 7.91. The van der Waals surface area contributed by atoms with Crippen LogP contribution in [0, 0.1) is 5.82 Å². The highest BCUT2D eigenvalue weighted by Gasteiger charge is 2.28. The standard InChI is InChI=1S/C16H15ClFN3O3S/c17-13-8-11(1-2-14(13)18)21-16(22)10-3-5-19-15(7-10)20-12-4-6-25(23,24)9-12/h1-3,5,7-8,12H,4,6,9H2,(H,19,20)(H,21,22). The van der Waals surface area contributed by atoms with Gasteiger partial charge in [-0.1, -0.05) is 11.6 Å². The van der Waals surface area contributed by atoms with Gasteiger partial charge in [0.1, 0.15) is 11.6 Å². The second-order valence-corrected chi connectivity index (χ2v) is 8.39. The first-order chi connectivity index (χ1) is 11.8. The lowest BCUT2D eigenvalue weighted by Crippen LogP contribution is -2.21. The van der Waals surface area contributed by atoms with E-state index in [1.54, 1.807) is 0 Å². The minimum Gasteiger partial charge on any atom is -0.366 e. The van der Waals surface area contributed by atoms with E-state index in [0.717, 1.165) is 6.07 Å². The number of hydrogen-bond donors (Lipinski definition) is 2. The van der Waals surface area contributed by atoms with Gasteiger partial charge in [-0.15, -0.1) is 0 Å². The summed E-state index contributed by atoms with van der Waals surface area (Å²) in [6.07, 6.45) is 1.97. The molecule has 2 heterocycles. The van der Waals surface area contributed by atoms with Crippen LogP contribution in [0.4, 0.5) is 15.9 Å². The molecule has 1 fully saturated rings. The number of anilines is 2. The molecule has 9 heteroatoms. The van der Waals surface area contributed by atoms with Crippen LogP contribution in [0.25, 0.3) is 0 Å². The van der Waals surface area contributed by atoms with E-state index in [9.17, 15) is 17.6 Å². The van der Waals surface area contributed by atoms with Gasteiger partial charge in [-0.3, -0.25) is 4.79 Å². The van der Waals surface area contributed by atoms with Crippen LogP contribution in [0.3, 0.4) is 0 Å². The second kappa shape index (κ2) is 6.97. The van der Waals surface area contributed by atoms with E-state index in [4.69, 9.17) is 11.6 Å². The third-order valence-electron chi connectivity index (χ3n) is 3.78. The van der Waals surface area contributed by atoms with Gasteiger partial charge in [-0.05, 0) is 36.8 Å². The minimum atomic E-state index is -3.00. The number of nitrogens with zero attached hydrogens (tertiary/aromatic N) is 1. The van der Waals surface area contributed by atoms with Gasteiger partial charge in [-0.25, -0.2) is 17.8 Å². The molecule has 1 aromatic carbocycles. The number of rotatable bonds is 4. The number of nitrogens with one attached hydrogen (secondary N) is 2. The highest BCUT2D eigenvalue weighted by Crippen LogP contribution is 2.21. The summed E-state index contributed by atoms with van der Waals surface area (Å²) in [6, 6.07) is 6.73. The summed E-state index contributed by atoms with van der Waals surface area (Å²) in [6.45, 7) is 0. The zero-order valence-electron chi connectivity index (χ0n) is 13.0. The number of sulfone groups is 1. The lowest BCUT2D eigenvalue weighted by atomic mass is 10.2. The fourth-order valence-electron chi connectivity index (χ4n) is 2.55. The summed E-state index contributed by atoms with van der Waals surface area (Å²) in [5.41, 5.74) is 0.698. The summed E-state index contributed by atoms with van der Waals surface area (Å²) in [5.74, 6) is -0.351. The van der Waals surface area contributed by atoms with Gasteiger partial charge in [0.15, 0.2) is 9.84 Å². The molecule has 1 unspecified atom stereocenters. The van der Waals surface area contributed by atoms with Crippen molar-refractivity contribution < 1.29 is 17.6 Å². The molecule has 0 bridgehead atoms. The number of halogens is 2. The smallest absolute Gasteiger partial charge is 0.255 e. The highest BCUT2D eigenvalue weighted by atomic mass is 35.5. The monoisotopic (exact) mass is 383 g/mol. The average Bonchev–Trinajstić information content (AvgIpc) is 2.90. The average molecular weight is 384 g/mol. The maximum absolute atomic E-state index is 13.2. The molecule has 0 aliphatic carbocycles. The maximum atomic E-state index is 13.2. The molecule has 0 saturated carbocycles. The molecule has 1 saturated heterocycles. The SMILES string of the molecule is O=C(Nc1ccc(F)c(Cl)c1)c1ccnc(NC2CCS(=O)(=O)C2)c1. The van der Waals surface area contributed by atoms with Gasteiger partial charge in [-0.2, -0.15) is 0 Å². The number of aromatic nitrogens is 1. The fraction of sp³-hybridized carbons (Fsp3) is 0.250. The first-order valence-corrected chi connectivity index (χ1v) is 9.72. The molecule has 1 aliphatic rings. The van der Waals surface area contributed by atoms with Crippen LogP contribution in [-0.4, -0.2) is 36.9 Å². The molecule has 132 valence electrons. The Labute approximate surface area is 149 Å². The lowest BCUT2D eigenvalue weighted by molar-refractivity contribution is 0.102. The molecule has 2 N–H and O–H groups in total. The molecule has 1 aliphatic heterocycles. The Morgan fingerprint density at radius 2 is 2.08 bits per heavy atom. The number of amides is 1. The first-order valence-electron chi connectivity index (χ1n) is 7.52. The number of pyridine rings is 1. The van der Waals surface area contributed by atoms with Crippen molar-refractivity contribution in [1.82, 2.24) is 4.98 Å². The van der Waals surface area contributed by atoms with E-state index in [2.05, 4.69) is 15.6 Å². The van der Waals surface area contributed by atoms with E-state index in [-0.39, 0.29) is 22.6 Å². The summed E-state index contributed by atoms with van der Waals surface area (Å²) in [5, 5.41) is 5.56. The Balaban J connectivity index is 1.70. The summed E-state index contributed by atoms with van der Waals surface area (Å²) in [4.78, 5) is 16.4. The van der Waals surface area contributed by atoms with Crippen LogP contribution in [0.2, 0.25) is 5.02 Å². The van der Waals surface area contributed by atoms with Crippen molar-refractivity contribution in [3.63, 3.8) is 0 Å². The van der Waals surface area contributed by atoms with Gasteiger partial charge >= 0.3 is 0 Å². The van der Waals surface area contributed by atoms with Crippen LogP contribution in [0.5, 0.6) is 0 Å². The zero-order chi connectivity index (χ0) is 18.0.